The van der Waals surface area contributed by atoms with E-state index >= 15 is 0 Å². The molecule has 2 aromatic carbocycles. The average Bonchev–Trinajstić information content (AvgIpc) is 3.43. The van der Waals surface area contributed by atoms with E-state index in [1.54, 1.807) is 44.6 Å². The van der Waals surface area contributed by atoms with E-state index in [1.807, 2.05) is 6.07 Å². The topological polar surface area (TPSA) is 105 Å². The number of anilines is 1. The van der Waals surface area contributed by atoms with Crippen LogP contribution in [0.3, 0.4) is 0 Å². The molecule has 158 valence electrons. The van der Waals surface area contributed by atoms with E-state index < -0.39 is 5.91 Å². The Balaban J connectivity index is 1.39. The smallest absolute Gasteiger partial charge is 0.279 e. The summed E-state index contributed by atoms with van der Waals surface area (Å²) in [5.41, 5.74) is 1.45. The molecule has 3 heterocycles. The first-order valence-electron chi connectivity index (χ1n) is 9.35. The lowest BCUT2D eigenvalue weighted by Gasteiger charge is -2.17. The van der Waals surface area contributed by atoms with Crippen LogP contribution in [0.15, 0.2) is 40.9 Å². The van der Waals surface area contributed by atoms with Gasteiger partial charge >= 0.3 is 0 Å². The lowest BCUT2D eigenvalue weighted by atomic mass is 10.1. The van der Waals surface area contributed by atoms with Crippen LogP contribution in [0, 0.1) is 0 Å². The fourth-order valence-corrected chi connectivity index (χ4v) is 4.07. The third-order valence-corrected chi connectivity index (χ3v) is 5.62. The molecule has 0 atom stereocenters. The van der Waals surface area contributed by atoms with Crippen molar-refractivity contribution in [3.63, 3.8) is 0 Å². The van der Waals surface area contributed by atoms with Crippen LogP contribution in [0.5, 0.6) is 23.0 Å². The van der Waals surface area contributed by atoms with Crippen molar-refractivity contribution in [3.8, 4) is 34.3 Å². The number of amides is 1. The highest BCUT2D eigenvalue weighted by atomic mass is 32.1. The van der Waals surface area contributed by atoms with Crippen LogP contribution in [0.4, 0.5) is 5.13 Å². The molecule has 0 bridgehead atoms. The Morgan fingerprint density at radius 3 is 2.65 bits per heavy atom. The van der Waals surface area contributed by atoms with Gasteiger partial charge in [0.1, 0.15) is 24.7 Å². The predicted octanol–water partition coefficient (Wildman–Crippen LogP) is 3.99. The predicted molar refractivity (Wildman–Crippen MR) is 114 cm³/mol. The van der Waals surface area contributed by atoms with E-state index in [2.05, 4.69) is 15.5 Å². The summed E-state index contributed by atoms with van der Waals surface area (Å²) in [7, 11) is 3.12. The summed E-state index contributed by atoms with van der Waals surface area (Å²) in [4.78, 5) is 17.2. The summed E-state index contributed by atoms with van der Waals surface area (Å²) in [5, 5.41) is 7.09. The molecule has 1 amide bonds. The van der Waals surface area contributed by atoms with Gasteiger partial charge in [0.15, 0.2) is 28.1 Å². The Kier molecular flexibility index (Phi) is 4.83. The number of hydrogen-bond acceptors (Lipinski definition) is 9. The molecular weight excluding hydrogens is 422 g/mol. The minimum atomic E-state index is -0.437. The van der Waals surface area contributed by atoms with E-state index in [4.69, 9.17) is 23.5 Å². The van der Waals surface area contributed by atoms with E-state index in [0.29, 0.717) is 58.2 Å². The van der Waals surface area contributed by atoms with Gasteiger partial charge in [0.25, 0.3) is 5.91 Å². The lowest BCUT2D eigenvalue weighted by Crippen LogP contribution is -2.15. The minimum Gasteiger partial charge on any atom is -0.497 e. The Labute approximate surface area is 180 Å². The lowest BCUT2D eigenvalue weighted by molar-refractivity contribution is 0.101. The van der Waals surface area contributed by atoms with Crippen LogP contribution in [-0.4, -0.2) is 43.5 Å². The molecule has 0 fully saturated rings. The standard InChI is InChI=1S/C21H17N3O6S/c1-26-11-3-4-15(27-2)12(7-11)16-9-14(24-30-16)20(25)23-21-22-13-8-17-18(10-19(13)31-21)29-6-5-28-17/h3-4,7-10H,5-6H2,1-2H3,(H,22,23,25). The van der Waals surface area contributed by atoms with E-state index in [9.17, 15) is 4.79 Å². The second-order valence-corrected chi connectivity index (χ2v) is 7.61. The van der Waals surface area contributed by atoms with Crippen molar-refractivity contribution in [3.05, 3.63) is 42.1 Å². The molecule has 1 N–H and O–H groups in total. The molecule has 0 saturated carbocycles. The molecule has 31 heavy (non-hydrogen) atoms. The molecule has 1 aliphatic heterocycles. The Morgan fingerprint density at radius 2 is 1.87 bits per heavy atom. The monoisotopic (exact) mass is 439 g/mol. The van der Waals surface area contributed by atoms with Crippen molar-refractivity contribution in [2.24, 2.45) is 0 Å². The number of carbonyl (C=O) groups is 1. The largest absolute Gasteiger partial charge is 0.497 e. The summed E-state index contributed by atoms with van der Waals surface area (Å²) >= 11 is 1.33. The van der Waals surface area contributed by atoms with E-state index in [1.165, 1.54) is 11.3 Å². The van der Waals surface area contributed by atoms with Crippen molar-refractivity contribution in [1.82, 2.24) is 10.1 Å². The summed E-state index contributed by atoms with van der Waals surface area (Å²) < 4.78 is 28.1. The summed E-state index contributed by atoms with van der Waals surface area (Å²) in [6.45, 7) is 1.01. The number of ether oxygens (including phenoxy) is 4. The number of thiazole rings is 1. The maximum atomic E-state index is 12.7. The summed E-state index contributed by atoms with van der Waals surface area (Å²) in [6.07, 6.45) is 0. The van der Waals surface area contributed by atoms with Gasteiger partial charge in [0.05, 0.1) is 30.0 Å². The third kappa shape index (κ3) is 3.61. The van der Waals surface area contributed by atoms with Crippen molar-refractivity contribution in [1.29, 1.82) is 0 Å². The average molecular weight is 439 g/mol. The molecule has 0 radical (unpaired) electrons. The Morgan fingerprint density at radius 1 is 1.06 bits per heavy atom. The number of methoxy groups -OCH3 is 2. The Bertz CT molecular complexity index is 1240. The van der Waals surface area contributed by atoms with Crippen LogP contribution in [0.2, 0.25) is 0 Å². The molecule has 0 unspecified atom stereocenters. The zero-order valence-corrected chi connectivity index (χ0v) is 17.4. The minimum absolute atomic E-state index is 0.116. The highest BCUT2D eigenvalue weighted by Gasteiger charge is 2.20. The molecule has 0 saturated heterocycles. The second-order valence-electron chi connectivity index (χ2n) is 6.58. The summed E-state index contributed by atoms with van der Waals surface area (Å²) in [6, 6.07) is 10.5. The van der Waals surface area contributed by atoms with Crippen LogP contribution in [0.1, 0.15) is 10.5 Å². The first-order chi connectivity index (χ1) is 15.1. The first-order valence-corrected chi connectivity index (χ1v) is 10.2. The van der Waals surface area contributed by atoms with Gasteiger partial charge in [-0.05, 0) is 18.2 Å². The number of nitrogens with zero attached hydrogens (tertiary/aromatic N) is 2. The number of carbonyl (C=O) groups excluding carboxylic acids is 1. The van der Waals surface area contributed by atoms with Crippen molar-refractivity contribution in [2.45, 2.75) is 0 Å². The van der Waals surface area contributed by atoms with Gasteiger partial charge in [-0.2, -0.15) is 0 Å². The van der Waals surface area contributed by atoms with E-state index in [-0.39, 0.29) is 5.69 Å². The number of rotatable bonds is 5. The van der Waals surface area contributed by atoms with E-state index in [0.717, 1.165) is 4.70 Å². The third-order valence-electron chi connectivity index (χ3n) is 4.69. The summed E-state index contributed by atoms with van der Waals surface area (Å²) in [5.74, 6) is 2.47. The molecule has 1 aliphatic rings. The highest BCUT2D eigenvalue weighted by molar-refractivity contribution is 7.22. The van der Waals surface area contributed by atoms with Crippen molar-refractivity contribution < 1.29 is 28.3 Å². The van der Waals surface area contributed by atoms with Gasteiger partial charge in [-0.1, -0.05) is 16.5 Å². The van der Waals surface area contributed by atoms with Crippen LogP contribution in [0.25, 0.3) is 21.5 Å². The second kappa shape index (κ2) is 7.80. The maximum absolute atomic E-state index is 12.7. The highest BCUT2D eigenvalue weighted by Crippen LogP contribution is 2.38. The number of nitrogens with one attached hydrogen (secondary N) is 1. The molecular formula is C21H17N3O6S. The van der Waals surface area contributed by atoms with Gasteiger partial charge < -0.3 is 23.5 Å². The number of fused-ring (bicyclic) bond motifs is 2. The zero-order chi connectivity index (χ0) is 21.4. The molecule has 0 spiro atoms. The van der Waals surface area contributed by atoms with Crippen LogP contribution < -0.4 is 24.3 Å². The quantitative estimate of drug-likeness (QED) is 0.498. The van der Waals surface area contributed by atoms with Gasteiger partial charge in [0, 0.05) is 18.2 Å². The van der Waals surface area contributed by atoms with Crippen molar-refractivity contribution >= 4 is 32.6 Å². The molecule has 0 aliphatic carbocycles. The molecule has 5 rings (SSSR count). The normalized spacial score (nSPS) is 12.6. The van der Waals surface area contributed by atoms with Gasteiger partial charge in [0.2, 0.25) is 0 Å². The molecule has 4 aromatic rings. The molecule has 2 aromatic heterocycles. The van der Waals surface area contributed by atoms with Gasteiger partial charge in [-0.15, -0.1) is 0 Å². The Hall–Kier alpha value is -3.79. The van der Waals surface area contributed by atoms with Crippen LogP contribution in [-0.2, 0) is 0 Å². The molecule has 9 nitrogen and oxygen atoms in total. The van der Waals surface area contributed by atoms with Gasteiger partial charge in [-0.25, -0.2) is 4.98 Å². The van der Waals surface area contributed by atoms with Crippen LogP contribution >= 0.6 is 11.3 Å². The maximum Gasteiger partial charge on any atom is 0.279 e. The van der Waals surface area contributed by atoms with Crippen molar-refractivity contribution in [2.75, 3.05) is 32.8 Å². The SMILES string of the molecule is COc1ccc(OC)c(-c2cc(C(=O)Nc3nc4cc5c(cc4s3)OCCO5)no2)c1. The number of benzene rings is 2. The zero-order valence-electron chi connectivity index (χ0n) is 16.6. The first kappa shape index (κ1) is 19.2. The molecule has 10 heteroatoms. The fourth-order valence-electron chi connectivity index (χ4n) is 3.20. The fraction of sp³-hybridized carbons (Fsp3) is 0.190. The van der Waals surface area contributed by atoms with Gasteiger partial charge in [-0.3, -0.25) is 10.1 Å². The number of aromatic nitrogens is 2. The number of hydrogen-bond donors (Lipinski definition) is 1.